The van der Waals surface area contributed by atoms with Crippen molar-refractivity contribution in [2.75, 3.05) is 0 Å². The van der Waals surface area contributed by atoms with Gasteiger partial charge >= 0.3 is 0 Å². The second-order valence-corrected chi connectivity index (χ2v) is 7.94. The predicted octanol–water partition coefficient (Wildman–Crippen LogP) is 4.79. The minimum Gasteiger partial charge on any atom is -0.334 e. The molecule has 132 valence electrons. The number of thioether (sulfide) groups is 1. The van der Waals surface area contributed by atoms with Crippen LogP contribution in [0.25, 0.3) is 22.8 Å². The molecule has 0 spiro atoms. The Hall–Kier alpha value is -2.04. The molecule has 0 aliphatic heterocycles. The van der Waals surface area contributed by atoms with E-state index in [1.807, 2.05) is 28.4 Å². The number of hydrogen-bond donors (Lipinski definition) is 0. The van der Waals surface area contributed by atoms with Gasteiger partial charge in [-0.15, -0.1) is 10.2 Å². The fourth-order valence-electron chi connectivity index (χ4n) is 2.30. The van der Waals surface area contributed by atoms with Crippen molar-refractivity contribution in [1.29, 1.82) is 0 Å². The van der Waals surface area contributed by atoms with Crippen molar-refractivity contribution in [3.8, 4) is 22.8 Å². The van der Waals surface area contributed by atoms with Gasteiger partial charge in [0.05, 0.1) is 11.3 Å². The summed E-state index contributed by atoms with van der Waals surface area (Å²) in [6.45, 7) is 0. The third-order valence-electron chi connectivity index (χ3n) is 3.57. The van der Waals surface area contributed by atoms with Crippen LogP contribution in [0.1, 0.15) is 5.82 Å². The van der Waals surface area contributed by atoms with Crippen molar-refractivity contribution in [1.82, 2.24) is 24.9 Å². The van der Waals surface area contributed by atoms with E-state index in [1.54, 1.807) is 23.5 Å². The van der Waals surface area contributed by atoms with Crippen LogP contribution in [0.15, 0.2) is 49.2 Å². The molecule has 0 radical (unpaired) electrons. The molecule has 4 rings (SSSR count). The van der Waals surface area contributed by atoms with Gasteiger partial charge in [0.2, 0.25) is 0 Å². The third kappa shape index (κ3) is 3.44. The van der Waals surface area contributed by atoms with E-state index in [-0.39, 0.29) is 11.5 Å². The maximum absolute atomic E-state index is 13.9. The number of rotatable bonds is 5. The van der Waals surface area contributed by atoms with Gasteiger partial charge in [0.1, 0.15) is 5.82 Å². The smallest absolute Gasteiger partial charge is 0.260 e. The van der Waals surface area contributed by atoms with Gasteiger partial charge in [-0.25, -0.2) is 4.39 Å². The standard InChI is InChI=1S/C16H11BrFN5OS2/c1-23-14(9-4-5-25-7-9)20-21-16(23)26-8-13-19-15(24-22-13)11-6-10(17)2-3-12(11)18/h2-7H,8H2,1H3. The highest BCUT2D eigenvalue weighted by Gasteiger charge is 2.16. The van der Waals surface area contributed by atoms with Crippen LogP contribution in [0.4, 0.5) is 4.39 Å². The molecule has 0 amide bonds. The first kappa shape index (κ1) is 17.4. The van der Waals surface area contributed by atoms with Gasteiger partial charge in [-0.2, -0.15) is 16.3 Å². The monoisotopic (exact) mass is 451 g/mol. The van der Waals surface area contributed by atoms with Crippen molar-refractivity contribution in [3.63, 3.8) is 0 Å². The van der Waals surface area contributed by atoms with Gasteiger partial charge in [-0.3, -0.25) is 0 Å². The Labute approximate surface area is 164 Å². The maximum Gasteiger partial charge on any atom is 0.260 e. The van der Waals surface area contributed by atoms with Crippen molar-refractivity contribution in [2.45, 2.75) is 10.9 Å². The minimum atomic E-state index is -0.412. The number of aromatic nitrogens is 5. The van der Waals surface area contributed by atoms with Crippen LogP contribution in [0.5, 0.6) is 0 Å². The van der Waals surface area contributed by atoms with E-state index in [0.717, 1.165) is 21.0 Å². The van der Waals surface area contributed by atoms with Crippen molar-refractivity contribution in [2.24, 2.45) is 7.05 Å². The fourth-order valence-corrected chi connectivity index (χ4v) is 4.05. The molecule has 0 saturated carbocycles. The summed E-state index contributed by atoms with van der Waals surface area (Å²) in [5, 5.41) is 17.1. The molecule has 0 atom stereocenters. The molecular weight excluding hydrogens is 441 g/mol. The van der Waals surface area contributed by atoms with E-state index in [4.69, 9.17) is 4.52 Å². The number of hydrogen-bond acceptors (Lipinski definition) is 7. The topological polar surface area (TPSA) is 69.6 Å². The first-order valence-electron chi connectivity index (χ1n) is 7.44. The molecular formula is C16H11BrFN5OS2. The molecule has 0 aliphatic carbocycles. The average molecular weight is 452 g/mol. The zero-order valence-electron chi connectivity index (χ0n) is 13.4. The summed E-state index contributed by atoms with van der Waals surface area (Å²) >= 11 is 6.36. The van der Waals surface area contributed by atoms with Crippen LogP contribution in [-0.4, -0.2) is 24.9 Å². The highest BCUT2D eigenvalue weighted by Crippen LogP contribution is 2.28. The predicted molar refractivity (Wildman–Crippen MR) is 101 cm³/mol. The van der Waals surface area contributed by atoms with E-state index < -0.39 is 5.82 Å². The Morgan fingerprint density at radius 1 is 1.31 bits per heavy atom. The third-order valence-corrected chi connectivity index (χ3v) is 5.76. The highest BCUT2D eigenvalue weighted by atomic mass is 79.9. The highest BCUT2D eigenvalue weighted by molar-refractivity contribution is 9.10. The first-order valence-corrected chi connectivity index (χ1v) is 10.2. The van der Waals surface area contributed by atoms with E-state index >= 15 is 0 Å². The largest absolute Gasteiger partial charge is 0.334 e. The Morgan fingerprint density at radius 2 is 2.19 bits per heavy atom. The molecule has 0 unspecified atom stereocenters. The molecule has 0 saturated heterocycles. The van der Waals surface area contributed by atoms with Gasteiger partial charge in [0.25, 0.3) is 5.89 Å². The summed E-state index contributed by atoms with van der Waals surface area (Å²) in [7, 11) is 1.91. The SMILES string of the molecule is Cn1c(SCc2noc(-c3cc(Br)ccc3F)n2)nnc1-c1ccsc1. The van der Waals surface area contributed by atoms with Gasteiger partial charge in [0, 0.05) is 22.5 Å². The van der Waals surface area contributed by atoms with Gasteiger partial charge in [-0.05, 0) is 29.6 Å². The molecule has 0 fully saturated rings. The fraction of sp³-hybridized carbons (Fsp3) is 0.125. The second-order valence-electron chi connectivity index (χ2n) is 5.31. The Morgan fingerprint density at radius 3 is 3.00 bits per heavy atom. The van der Waals surface area contributed by atoms with E-state index in [9.17, 15) is 4.39 Å². The lowest BCUT2D eigenvalue weighted by Gasteiger charge is -2.00. The summed E-state index contributed by atoms with van der Waals surface area (Å²) in [5.41, 5.74) is 1.30. The molecule has 1 aromatic carbocycles. The molecule has 6 nitrogen and oxygen atoms in total. The van der Waals surface area contributed by atoms with Crippen molar-refractivity contribution < 1.29 is 8.91 Å². The van der Waals surface area contributed by atoms with E-state index in [0.29, 0.717) is 11.6 Å². The zero-order chi connectivity index (χ0) is 18.1. The molecule has 10 heteroatoms. The number of benzene rings is 1. The van der Waals surface area contributed by atoms with Crippen LogP contribution in [0.2, 0.25) is 0 Å². The van der Waals surface area contributed by atoms with Crippen LogP contribution in [-0.2, 0) is 12.8 Å². The quantitative estimate of drug-likeness (QED) is 0.406. The average Bonchev–Trinajstić information content (AvgIpc) is 3.36. The summed E-state index contributed by atoms with van der Waals surface area (Å²) < 4.78 is 21.8. The van der Waals surface area contributed by atoms with Crippen LogP contribution in [0.3, 0.4) is 0 Å². The number of halogens is 2. The van der Waals surface area contributed by atoms with Crippen LogP contribution >= 0.6 is 39.0 Å². The summed E-state index contributed by atoms with van der Waals surface area (Å²) in [5.74, 6) is 1.44. The van der Waals surface area contributed by atoms with Crippen molar-refractivity contribution >= 4 is 39.0 Å². The lowest BCUT2D eigenvalue weighted by atomic mass is 10.2. The van der Waals surface area contributed by atoms with E-state index in [2.05, 4.69) is 36.3 Å². The van der Waals surface area contributed by atoms with Gasteiger partial charge < -0.3 is 9.09 Å². The molecule has 3 aromatic heterocycles. The second kappa shape index (κ2) is 7.29. The number of thiophene rings is 1. The first-order chi connectivity index (χ1) is 12.6. The summed E-state index contributed by atoms with van der Waals surface area (Å²) in [6, 6.07) is 6.57. The maximum atomic E-state index is 13.9. The normalized spacial score (nSPS) is 11.2. The molecule has 0 aliphatic rings. The summed E-state index contributed by atoms with van der Waals surface area (Å²) in [4.78, 5) is 4.27. The Balaban J connectivity index is 1.50. The molecule has 26 heavy (non-hydrogen) atoms. The lowest BCUT2D eigenvalue weighted by Crippen LogP contribution is -1.94. The Bertz CT molecular complexity index is 1050. The molecule has 3 heterocycles. The van der Waals surface area contributed by atoms with Gasteiger partial charge in [-0.1, -0.05) is 32.8 Å². The molecule has 0 bridgehead atoms. The van der Waals surface area contributed by atoms with Gasteiger partial charge in [0.15, 0.2) is 16.8 Å². The molecule has 4 aromatic rings. The zero-order valence-corrected chi connectivity index (χ0v) is 16.6. The van der Waals surface area contributed by atoms with E-state index in [1.165, 1.54) is 17.8 Å². The van der Waals surface area contributed by atoms with Crippen LogP contribution < -0.4 is 0 Å². The summed E-state index contributed by atoms with van der Waals surface area (Å²) in [6.07, 6.45) is 0. The number of nitrogens with zero attached hydrogens (tertiary/aromatic N) is 5. The van der Waals surface area contributed by atoms with Crippen molar-refractivity contribution in [3.05, 3.63) is 51.1 Å². The molecule has 0 N–H and O–H groups in total. The minimum absolute atomic E-state index is 0.149. The lowest BCUT2D eigenvalue weighted by molar-refractivity contribution is 0.422. The Kier molecular flexibility index (Phi) is 4.88. The van der Waals surface area contributed by atoms with Crippen LogP contribution in [0, 0.1) is 5.82 Å².